The van der Waals surface area contributed by atoms with Gasteiger partial charge in [0.25, 0.3) is 0 Å². The second-order valence-corrected chi connectivity index (χ2v) is 5.80. The van der Waals surface area contributed by atoms with Crippen LogP contribution in [0, 0.1) is 16.2 Å². The van der Waals surface area contributed by atoms with Crippen LogP contribution < -0.4 is 5.73 Å². The molecule has 3 nitrogen and oxygen atoms in total. The van der Waals surface area contributed by atoms with Crippen molar-refractivity contribution in [1.82, 2.24) is 0 Å². The molecule has 0 aromatic rings. The Kier molecular flexibility index (Phi) is 2.43. The molecule has 0 aliphatic heterocycles. The summed E-state index contributed by atoms with van der Waals surface area (Å²) in [7, 11) is 0. The molecule has 0 aromatic heterocycles. The van der Waals surface area contributed by atoms with Gasteiger partial charge in [-0.25, -0.2) is 0 Å². The van der Waals surface area contributed by atoms with E-state index in [0.717, 1.165) is 6.42 Å². The largest absolute Gasteiger partial charge is 0.481 e. The quantitative estimate of drug-likeness (QED) is 0.729. The van der Waals surface area contributed by atoms with Gasteiger partial charge >= 0.3 is 5.97 Å². The van der Waals surface area contributed by atoms with Gasteiger partial charge in [0.1, 0.15) is 0 Å². The first kappa shape index (κ1) is 11.5. The molecule has 0 radical (unpaired) electrons. The smallest absolute Gasteiger partial charge is 0.303 e. The van der Waals surface area contributed by atoms with Gasteiger partial charge in [0, 0.05) is 5.41 Å². The predicted octanol–water partition coefficient (Wildman–Crippen LogP) is 1.86. The molecule has 0 aromatic carbocycles. The van der Waals surface area contributed by atoms with E-state index in [0.29, 0.717) is 6.54 Å². The molecule has 1 aliphatic carbocycles. The van der Waals surface area contributed by atoms with Crippen LogP contribution in [0.2, 0.25) is 0 Å². The van der Waals surface area contributed by atoms with Gasteiger partial charge in [-0.2, -0.15) is 0 Å². The van der Waals surface area contributed by atoms with Crippen molar-refractivity contribution in [3.8, 4) is 0 Å². The molecule has 3 N–H and O–H groups in total. The van der Waals surface area contributed by atoms with E-state index in [4.69, 9.17) is 10.8 Å². The Hall–Kier alpha value is -0.570. The lowest BCUT2D eigenvalue weighted by Gasteiger charge is -2.67. The van der Waals surface area contributed by atoms with Crippen LogP contribution in [0.25, 0.3) is 0 Å². The molecule has 0 amide bonds. The third-order valence-corrected chi connectivity index (χ3v) is 4.28. The maximum absolute atomic E-state index is 10.9. The highest BCUT2D eigenvalue weighted by molar-refractivity contribution is 5.68. The molecule has 0 atom stereocenters. The van der Waals surface area contributed by atoms with Crippen molar-refractivity contribution < 1.29 is 9.90 Å². The Morgan fingerprint density at radius 3 is 1.86 bits per heavy atom. The predicted molar refractivity (Wildman–Crippen MR) is 55.9 cm³/mol. The molecule has 3 heteroatoms. The molecule has 0 saturated heterocycles. The lowest BCUT2D eigenvalue weighted by atomic mass is 9.37. The number of carbonyl (C=O) groups is 1. The van der Waals surface area contributed by atoms with Crippen LogP contribution in [0.1, 0.15) is 40.5 Å². The van der Waals surface area contributed by atoms with Gasteiger partial charge in [-0.05, 0) is 23.8 Å². The Morgan fingerprint density at radius 2 is 1.71 bits per heavy atom. The average molecular weight is 199 g/mol. The third kappa shape index (κ3) is 1.26. The number of carboxylic acids is 1. The van der Waals surface area contributed by atoms with Crippen molar-refractivity contribution in [3.05, 3.63) is 0 Å². The molecular weight excluding hydrogens is 178 g/mol. The van der Waals surface area contributed by atoms with E-state index < -0.39 is 5.97 Å². The zero-order chi connectivity index (χ0) is 11.2. The number of rotatable bonds is 3. The fourth-order valence-corrected chi connectivity index (χ4v) is 3.61. The second kappa shape index (κ2) is 2.96. The van der Waals surface area contributed by atoms with Gasteiger partial charge in [-0.15, -0.1) is 0 Å². The molecule has 0 spiro atoms. The van der Waals surface area contributed by atoms with E-state index in [9.17, 15) is 4.79 Å². The molecule has 1 fully saturated rings. The zero-order valence-electron chi connectivity index (χ0n) is 9.55. The minimum atomic E-state index is -0.740. The molecule has 0 unspecified atom stereocenters. The van der Waals surface area contributed by atoms with Gasteiger partial charge in [-0.3, -0.25) is 4.79 Å². The molecule has 82 valence electrons. The van der Waals surface area contributed by atoms with Gasteiger partial charge < -0.3 is 10.8 Å². The standard InChI is InChI=1S/C11H21NO2/c1-9(2)6-10(3,4)11(9,7-12)5-8(13)14/h5-7,12H2,1-4H3,(H,13,14). The van der Waals surface area contributed by atoms with Crippen LogP contribution in [-0.2, 0) is 4.79 Å². The van der Waals surface area contributed by atoms with Crippen LogP contribution in [0.3, 0.4) is 0 Å². The van der Waals surface area contributed by atoms with Crippen molar-refractivity contribution in [2.75, 3.05) is 6.54 Å². The molecule has 1 rings (SSSR count). The van der Waals surface area contributed by atoms with E-state index in [1.54, 1.807) is 0 Å². The minimum absolute atomic E-state index is 0.0453. The summed E-state index contributed by atoms with van der Waals surface area (Å²) in [6.45, 7) is 8.93. The zero-order valence-corrected chi connectivity index (χ0v) is 9.55. The Bertz CT molecular complexity index is 242. The molecule has 1 saturated carbocycles. The second-order valence-electron chi connectivity index (χ2n) is 5.80. The summed E-state index contributed by atoms with van der Waals surface area (Å²) < 4.78 is 0. The first-order chi connectivity index (χ1) is 6.18. The van der Waals surface area contributed by atoms with Crippen molar-refractivity contribution >= 4 is 5.97 Å². The van der Waals surface area contributed by atoms with E-state index >= 15 is 0 Å². The minimum Gasteiger partial charge on any atom is -0.481 e. The highest BCUT2D eigenvalue weighted by atomic mass is 16.4. The van der Waals surface area contributed by atoms with Crippen LogP contribution in [0.15, 0.2) is 0 Å². The summed E-state index contributed by atoms with van der Waals surface area (Å²) in [5, 5.41) is 8.95. The van der Waals surface area contributed by atoms with Crippen LogP contribution >= 0.6 is 0 Å². The van der Waals surface area contributed by atoms with Crippen molar-refractivity contribution in [2.24, 2.45) is 22.0 Å². The number of hydrogen-bond donors (Lipinski definition) is 2. The fraction of sp³-hybridized carbons (Fsp3) is 0.909. The molecule has 14 heavy (non-hydrogen) atoms. The van der Waals surface area contributed by atoms with Gasteiger partial charge in [-0.1, -0.05) is 27.7 Å². The number of hydrogen-bond acceptors (Lipinski definition) is 2. The van der Waals surface area contributed by atoms with Crippen molar-refractivity contribution in [3.63, 3.8) is 0 Å². The van der Waals surface area contributed by atoms with Crippen LogP contribution in [0.4, 0.5) is 0 Å². The molecule has 1 aliphatic rings. The summed E-state index contributed by atoms with van der Waals surface area (Å²) in [4.78, 5) is 10.9. The number of carboxylic acid groups (broad SMARTS) is 1. The summed E-state index contributed by atoms with van der Waals surface area (Å²) in [5.41, 5.74) is 5.65. The molecule has 0 bridgehead atoms. The third-order valence-electron chi connectivity index (χ3n) is 4.28. The fourth-order valence-electron chi connectivity index (χ4n) is 3.61. The van der Waals surface area contributed by atoms with Gasteiger partial charge in [0.05, 0.1) is 6.42 Å². The highest BCUT2D eigenvalue weighted by Gasteiger charge is 2.64. The molecule has 0 heterocycles. The maximum atomic E-state index is 10.9. The number of aliphatic carboxylic acids is 1. The lowest BCUT2D eigenvalue weighted by Crippen LogP contribution is -2.64. The van der Waals surface area contributed by atoms with Crippen LogP contribution in [-0.4, -0.2) is 17.6 Å². The Labute approximate surface area is 85.7 Å². The highest BCUT2D eigenvalue weighted by Crippen LogP contribution is 2.68. The Morgan fingerprint density at radius 1 is 1.29 bits per heavy atom. The first-order valence-corrected chi connectivity index (χ1v) is 5.10. The van der Waals surface area contributed by atoms with E-state index in [1.807, 2.05) is 0 Å². The SMILES string of the molecule is CC1(C)CC(C)(C)C1(CN)CC(=O)O. The van der Waals surface area contributed by atoms with Crippen molar-refractivity contribution in [1.29, 1.82) is 0 Å². The summed E-state index contributed by atoms with van der Waals surface area (Å²) in [6.07, 6.45) is 1.23. The lowest BCUT2D eigenvalue weighted by molar-refractivity contribution is -0.192. The molecular formula is C11H21NO2. The summed E-state index contributed by atoms with van der Waals surface area (Å²) >= 11 is 0. The summed E-state index contributed by atoms with van der Waals surface area (Å²) in [5.74, 6) is -0.740. The average Bonchev–Trinajstić information content (AvgIpc) is 1.96. The maximum Gasteiger partial charge on any atom is 0.303 e. The first-order valence-electron chi connectivity index (χ1n) is 5.10. The van der Waals surface area contributed by atoms with E-state index in [-0.39, 0.29) is 22.7 Å². The normalized spacial score (nSPS) is 26.6. The van der Waals surface area contributed by atoms with E-state index in [2.05, 4.69) is 27.7 Å². The number of nitrogens with two attached hydrogens (primary N) is 1. The van der Waals surface area contributed by atoms with E-state index in [1.165, 1.54) is 0 Å². The van der Waals surface area contributed by atoms with Gasteiger partial charge in [0.15, 0.2) is 0 Å². The monoisotopic (exact) mass is 199 g/mol. The van der Waals surface area contributed by atoms with Gasteiger partial charge in [0.2, 0.25) is 0 Å². The Balaban J connectivity index is 3.01. The van der Waals surface area contributed by atoms with Crippen LogP contribution in [0.5, 0.6) is 0 Å². The summed E-state index contributed by atoms with van der Waals surface area (Å²) in [6, 6.07) is 0. The van der Waals surface area contributed by atoms with Crippen molar-refractivity contribution in [2.45, 2.75) is 40.5 Å². The topological polar surface area (TPSA) is 63.3 Å².